The number of benzene rings is 1. The zero-order valence-corrected chi connectivity index (χ0v) is 16.0. The molecule has 3 aromatic rings. The molecule has 2 aromatic heterocycles. The van der Waals surface area contributed by atoms with Gasteiger partial charge in [-0.15, -0.1) is 0 Å². The molecule has 0 radical (unpaired) electrons. The number of hydrogen-bond donors (Lipinski definition) is 0. The highest BCUT2D eigenvalue weighted by Gasteiger charge is 2.27. The molecule has 0 spiro atoms. The van der Waals surface area contributed by atoms with Crippen LogP contribution in [0.5, 0.6) is 0 Å². The first-order valence-corrected chi connectivity index (χ1v) is 9.63. The third kappa shape index (κ3) is 3.60. The quantitative estimate of drug-likeness (QED) is 0.696. The standard InChI is InChI=1S/C22H26N4O/c1-17-9-8-13-25(17)16-19-21(23-20-12-6-7-14-26(19)20)22(27)24(2)15-18-10-4-3-5-11-18/h3-7,10-12,14,17H,8-9,13,15-16H2,1-2H3/t17-/m1/s1. The van der Waals surface area contributed by atoms with Crippen LogP contribution in [-0.4, -0.2) is 44.7 Å². The summed E-state index contributed by atoms with van der Waals surface area (Å²) < 4.78 is 2.06. The number of nitrogens with zero attached hydrogens (tertiary/aromatic N) is 4. The molecule has 1 atom stereocenters. The SMILES string of the molecule is C[C@@H]1CCCN1Cc1c(C(=O)N(C)Cc2ccccc2)nc2ccccn12. The second kappa shape index (κ2) is 7.53. The van der Waals surface area contributed by atoms with Gasteiger partial charge in [0.15, 0.2) is 5.69 Å². The number of amides is 1. The van der Waals surface area contributed by atoms with Crippen molar-refractivity contribution in [2.24, 2.45) is 0 Å². The van der Waals surface area contributed by atoms with E-state index < -0.39 is 0 Å². The minimum atomic E-state index is -0.0237. The zero-order chi connectivity index (χ0) is 18.8. The molecule has 1 saturated heterocycles. The minimum absolute atomic E-state index is 0.0237. The van der Waals surface area contributed by atoms with Crippen LogP contribution < -0.4 is 0 Å². The van der Waals surface area contributed by atoms with Crippen molar-refractivity contribution in [1.82, 2.24) is 19.2 Å². The molecule has 1 aromatic carbocycles. The average molecular weight is 362 g/mol. The Morgan fingerprint density at radius 2 is 1.96 bits per heavy atom. The molecule has 0 saturated carbocycles. The fourth-order valence-electron chi connectivity index (χ4n) is 3.90. The summed E-state index contributed by atoms with van der Waals surface area (Å²) in [6.45, 7) is 4.67. The molecule has 1 aliphatic rings. The van der Waals surface area contributed by atoms with E-state index >= 15 is 0 Å². The lowest BCUT2D eigenvalue weighted by atomic mass is 10.2. The smallest absolute Gasteiger partial charge is 0.274 e. The van der Waals surface area contributed by atoms with Crippen molar-refractivity contribution in [2.75, 3.05) is 13.6 Å². The fraction of sp³-hybridized carbons (Fsp3) is 0.364. The van der Waals surface area contributed by atoms with Crippen LogP contribution in [0.15, 0.2) is 54.7 Å². The van der Waals surface area contributed by atoms with Crippen molar-refractivity contribution in [3.8, 4) is 0 Å². The van der Waals surface area contributed by atoms with E-state index in [0.717, 1.165) is 30.0 Å². The topological polar surface area (TPSA) is 40.9 Å². The Labute approximate surface area is 160 Å². The number of rotatable bonds is 5. The predicted molar refractivity (Wildman–Crippen MR) is 107 cm³/mol. The molecule has 0 unspecified atom stereocenters. The maximum absolute atomic E-state index is 13.2. The number of likely N-dealkylation sites (tertiary alicyclic amines) is 1. The summed E-state index contributed by atoms with van der Waals surface area (Å²) in [5, 5.41) is 0. The van der Waals surface area contributed by atoms with Gasteiger partial charge in [0.05, 0.1) is 5.69 Å². The summed E-state index contributed by atoms with van der Waals surface area (Å²) in [7, 11) is 1.85. The number of hydrogen-bond acceptors (Lipinski definition) is 3. The lowest BCUT2D eigenvalue weighted by molar-refractivity contribution is 0.0777. The first-order chi connectivity index (χ1) is 13.1. The van der Waals surface area contributed by atoms with E-state index in [0.29, 0.717) is 18.3 Å². The molecule has 0 N–H and O–H groups in total. The van der Waals surface area contributed by atoms with Gasteiger partial charge in [-0.05, 0) is 44.0 Å². The Kier molecular flexibility index (Phi) is 4.94. The normalized spacial score (nSPS) is 17.5. The Morgan fingerprint density at radius 1 is 1.19 bits per heavy atom. The first kappa shape index (κ1) is 17.7. The summed E-state index contributed by atoms with van der Waals surface area (Å²) in [6, 6.07) is 16.5. The molecule has 4 rings (SSSR count). The molecule has 1 aliphatic heterocycles. The van der Waals surface area contributed by atoms with Crippen LogP contribution in [0.2, 0.25) is 0 Å². The van der Waals surface area contributed by atoms with Gasteiger partial charge >= 0.3 is 0 Å². The van der Waals surface area contributed by atoms with Crippen LogP contribution in [-0.2, 0) is 13.1 Å². The van der Waals surface area contributed by atoms with Crippen molar-refractivity contribution < 1.29 is 4.79 Å². The van der Waals surface area contributed by atoms with Crippen LogP contribution in [0.1, 0.15) is 41.5 Å². The van der Waals surface area contributed by atoms with Crippen LogP contribution in [0.25, 0.3) is 5.65 Å². The van der Waals surface area contributed by atoms with E-state index in [1.807, 2.05) is 61.8 Å². The van der Waals surface area contributed by atoms with Crippen molar-refractivity contribution in [3.63, 3.8) is 0 Å². The first-order valence-electron chi connectivity index (χ1n) is 9.63. The maximum atomic E-state index is 13.2. The fourth-order valence-corrected chi connectivity index (χ4v) is 3.90. The van der Waals surface area contributed by atoms with E-state index in [1.165, 1.54) is 12.8 Å². The van der Waals surface area contributed by atoms with E-state index in [4.69, 9.17) is 0 Å². The second-order valence-electron chi connectivity index (χ2n) is 7.44. The summed E-state index contributed by atoms with van der Waals surface area (Å²) >= 11 is 0. The molecule has 0 bridgehead atoms. The summed E-state index contributed by atoms with van der Waals surface area (Å²) in [5.74, 6) is -0.0237. The molecular formula is C22H26N4O. The lowest BCUT2D eigenvalue weighted by Gasteiger charge is -2.22. The van der Waals surface area contributed by atoms with E-state index in [1.54, 1.807) is 4.90 Å². The molecule has 0 aliphatic carbocycles. The number of imidazole rings is 1. The number of aromatic nitrogens is 2. The molecule has 140 valence electrons. The monoisotopic (exact) mass is 362 g/mol. The maximum Gasteiger partial charge on any atom is 0.274 e. The molecular weight excluding hydrogens is 336 g/mol. The van der Waals surface area contributed by atoms with Gasteiger partial charge in [0.25, 0.3) is 5.91 Å². The average Bonchev–Trinajstić information content (AvgIpc) is 3.26. The minimum Gasteiger partial charge on any atom is -0.336 e. The highest BCUT2D eigenvalue weighted by atomic mass is 16.2. The largest absolute Gasteiger partial charge is 0.336 e. The molecule has 5 heteroatoms. The third-order valence-corrected chi connectivity index (χ3v) is 5.48. The Bertz CT molecular complexity index is 934. The lowest BCUT2D eigenvalue weighted by Crippen LogP contribution is -2.31. The van der Waals surface area contributed by atoms with Gasteiger partial charge in [-0.3, -0.25) is 9.69 Å². The molecule has 1 fully saturated rings. The molecule has 3 heterocycles. The van der Waals surface area contributed by atoms with Crippen LogP contribution in [0, 0.1) is 0 Å². The van der Waals surface area contributed by atoms with Crippen molar-refractivity contribution in [2.45, 2.75) is 38.9 Å². The van der Waals surface area contributed by atoms with Gasteiger partial charge in [0.1, 0.15) is 5.65 Å². The number of pyridine rings is 1. The second-order valence-corrected chi connectivity index (χ2v) is 7.44. The Balaban J connectivity index is 1.65. The summed E-state index contributed by atoms with van der Waals surface area (Å²) in [4.78, 5) is 22.1. The van der Waals surface area contributed by atoms with Crippen LogP contribution >= 0.6 is 0 Å². The number of carbonyl (C=O) groups is 1. The zero-order valence-electron chi connectivity index (χ0n) is 16.0. The third-order valence-electron chi connectivity index (χ3n) is 5.48. The summed E-state index contributed by atoms with van der Waals surface area (Å²) in [6.07, 6.45) is 4.44. The van der Waals surface area contributed by atoms with Gasteiger partial charge in [0, 0.05) is 32.4 Å². The Morgan fingerprint density at radius 3 is 2.70 bits per heavy atom. The van der Waals surface area contributed by atoms with Crippen molar-refractivity contribution in [3.05, 3.63) is 71.7 Å². The Hall–Kier alpha value is -2.66. The highest BCUT2D eigenvalue weighted by molar-refractivity contribution is 5.94. The van der Waals surface area contributed by atoms with E-state index in [-0.39, 0.29) is 5.91 Å². The predicted octanol–water partition coefficient (Wildman–Crippen LogP) is 3.59. The van der Waals surface area contributed by atoms with Gasteiger partial charge in [0.2, 0.25) is 0 Å². The van der Waals surface area contributed by atoms with Crippen molar-refractivity contribution >= 4 is 11.6 Å². The highest BCUT2D eigenvalue weighted by Crippen LogP contribution is 2.23. The number of carbonyl (C=O) groups excluding carboxylic acids is 1. The van der Waals surface area contributed by atoms with E-state index in [9.17, 15) is 4.79 Å². The molecule has 27 heavy (non-hydrogen) atoms. The van der Waals surface area contributed by atoms with E-state index in [2.05, 4.69) is 21.2 Å². The van der Waals surface area contributed by atoms with Gasteiger partial charge in [-0.25, -0.2) is 4.98 Å². The van der Waals surface area contributed by atoms with Crippen LogP contribution in [0.4, 0.5) is 0 Å². The van der Waals surface area contributed by atoms with Gasteiger partial charge in [-0.1, -0.05) is 36.4 Å². The van der Waals surface area contributed by atoms with Gasteiger partial charge < -0.3 is 9.30 Å². The number of fused-ring (bicyclic) bond motifs is 1. The summed E-state index contributed by atoms with van der Waals surface area (Å²) in [5.41, 5.74) is 3.51. The molecule has 5 nitrogen and oxygen atoms in total. The molecule has 1 amide bonds. The van der Waals surface area contributed by atoms with Crippen molar-refractivity contribution in [1.29, 1.82) is 0 Å². The van der Waals surface area contributed by atoms with Crippen LogP contribution in [0.3, 0.4) is 0 Å². The van der Waals surface area contributed by atoms with Gasteiger partial charge in [-0.2, -0.15) is 0 Å².